The molecule has 23 heavy (non-hydrogen) atoms. The van der Waals surface area contributed by atoms with E-state index in [9.17, 15) is 14.7 Å². The van der Waals surface area contributed by atoms with E-state index in [0.717, 1.165) is 18.4 Å². The molecule has 1 aromatic rings. The highest BCUT2D eigenvalue weighted by Crippen LogP contribution is 2.32. The zero-order valence-corrected chi connectivity index (χ0v) is 13.8. The van der Waals surface area contributed by atoms with Gasteiger partial charge in [-0.15, -0.1) is 0 Å². The Balaban J connectivity index is 2.01. The smallest absolute Gasteiger partial charge is 0.266 e. The number of aromatic nitrogens is 1. The van der Waals surface area contributed by atoms with Gasteiger partial charge in [0.05, 0.1) is 6.10 Å². The highest BCUT2D eigenvalue weighted by molar-refractivity contribution is 5.76. The van der Waals surface area contributed by atoms with Crippen molar-refractivity contribution in [2.45, 2.75) is 45.6 Å². The molecule has 0 aromatic carbocycles. The Labute approximate surface area is 135 Å². The number of pyridine rings is 1. The van der Waals surface area contributed by atoms with Crippen molar-refractivity contribution in [1.82, 2.24) is 9.88 Å². The molecular formula is C17H23N3O3. The van der Waals surface area contributed by atoms with Crippen molar-refractivity contribution in [3.8, 4) is 6.07 Å². The number of hydrogen-bond donors (Lipinski definition) is 2. The third-order valence-corrected chi connectivity index (χ3v) is 4.56. The molecule has 1 fully saturated rings. The van der Waals surface area contributed by atoms with Gasteiger partial charge in [-0.2, -0.15) is 5.26 Å². The van der Waals surface area contributed by atoms with Crippen LogP contribution in [0.15, 0.2) is 4.79 Å². The molecule has 1 heterocycles. The molecule has 2 N–H and O–H groups in total. The second-order valence-corrected chi connectivity index (χ2v) is 6.35. The van der Waals surface area contributed by atoms with E-state index in [2.05, 4.69) is 4.98 Å². The van der Waals surface area contributed by atoms with E-state index in [0.29, 0.717) is 30.1 Å². The topological polar surface area (TPSA) is 97.2 Å². The SMILES string of the molecule is Cc1[nH]c(=O)c(C#N)c(C)c1CCC(=O)N(C)CC(O)C1CC1. The second kappa shape index (κ2) is 6.97. The number of nitrogens with zero attached hydrogens (tertiary/aromatic N) is 2. The number of aliphatic hydroxyl groups is 1. The summed E-state index contributed by atoms with van der Waals surface area (Å²) in [6.07, 6.45) is 2.38. The Kier molecular flexibility index (Phi) is 5.22. The standard InChI is InChI=1S/C17H23N3O3/c1-10-13(11(2)19-17(23)14(10)8-18)6-7-16(22)20(3)9-15(21)12-4-5-12/h12,15,21H,4-7,9H2,1-3H3,(H,19,23). The number of aromatic amines is 1. The number of carbonyl (C=O) groups is 1. The van der Waals surface area contributed by atoms with Gasteiger partial charge in [-0.25, -0.2) is 0 Å². The minimum absolute atomic E-state index is 0.0480. The van der Waals surface area contributed by atoms with Crippen LogP contribution in [0.25, 0.3) is 0 Å². The molecule has 0 radical (unpaired) electrons. The number of H-pyrrole nitrogens is 1. The first kappa shape index (κ1) is 17.2. The van der Waals surface area contributed by atoms with Crippen molar-refractivity contribution in [2.24, 2.45) is 5.92 Å². The Morgan fingerprint density at radius 3 is 2.70 bits per heavy atom. The average molecular weight is 317 g/mol. The first-order chi connectivity index (χ1) is 10.8. The lowest BCUT2D eigenvalue weighted by atomic mass is 9.99. The van der Waals surface area contributed by atoms with Crippen molar-refractivity contribution in [2.75, 3.05) is 13.6 Å². The molecule has 6 nitrogen and oxygen atoms in total. The molecule has 0 spiro atoms. The summed E-state index contributed by atoms with van der Waals surface area (Å²) in [5.41, 5.74) is 1.89. The molecule has 0 aliphatic heterocycles. The lowest BCUT2D eigenvalue weighted by molar-refractivity contribution is -0.131. The van der Waals surface area contributed by atoms with Crippen molar-refractivity contribution in [3.63, 3.8) is 0 Å². The zero-order chi connectivity index (χ0) is 17.1. The maximum atomic E-state index is 12.2. The van der Waals surface area contributed by atoms with Crippen molar-refractivity contribution in [3.05, 3.63) is 32.7 Å². The molecular weight excluding hydrogens is 294 g/mol. The van der Waals surface area contributed by atoms with Gasteiger partial charge < -0.3 is 15.0 Å². The third-order valence-electron chi connectivity index (χ3n) is 4.56. The molecule has 1 aliphatic rings. The molecule has 1 amide bonds. The summed E-state index contributed by atoms with van der Waals surface area (Å²) in [4.78, 5) is 28.1. The van der Waals surface area contributed by atoms with E-state index in [1.165, 1.54) is 0 Å². The van der Waals surface area contributed by atoms with Crippen molar-refractivity contribution >= 4 is 5.91 Å². The summed E-state index contributed by atoms with van der Waals surface area (Å²) < 4.78 is 0. The van der Waals surface area contributed by atoms with Crippen LogP contribution >= 0.6 is 0 Å². The van der Waals surface area contributed by atoms with Gasteiger partial charge in [-0.05, 0) is 50.2 Å². The lowest BCUT2D eigenvalue weighted by Crippen LogP contribution is -2.35. The van der Waals surface area contributed by atoms with Gasteiger partial charge in [-0.1, -0.05) is 0 Å². The van der Waals surface area contributed by atoms with Crippen molar-refractivity contribution in [1.29, 1.82) is 5.26 Å². The van der Waals surface area contributed by atoms with Crippen LogP contribution in [0.1, 0.15) is 41.6 Å². The Morgan fingerprint density at radius 2 is 2.13 bits per heavy atom. The van der Waals surface area contributed by atoms with Crippen LogP contribution in [0.3, 0.4) is 0 Å². The Bertz CT molecular complexity index is 698. The van der Waals surface area contributed by atoms with E-state index in [-0.39, 0.29) is 23.5 Å². The predicted molar refractivity (Wildman–Crippen MR) is 85.9 cm³/mol. The zero-order valence-electron chi connectivity index (χ0n) is 13.8. The fourth-order valence-corrected chi connectivity index (χ4v) is 2.86. The number of aryl methyl sites for hydroxylation is 1. The minimum atomic E-state index is -0.439. The largest absolute Gasteiger partial charge is 0.391 e. The first-order valence-electron chi connectivity index (χ1n) is 7.89. The average Bonchev–Trinajstić information content (AvgIpc) is 3.31. The number of rotatable bonds is 6. The first-order valence-corrected chi connectivity index (χ1v) is 7.89. The molecule has 1 atom stereocenters. The van der Waals surface area contributed by atoms with Crippen LogP contribution in [0.4, 0.5) is 0 Å². The number of carbonyl (C=O) groups excluding carboxylic acids is 1. The number of likely N-dealkylation sites (N-methyl/N-ethyl adjacent to an activating group) is 1. The van der Waals surface area contributed by atoms with E-state index < -0.39 is 6.10 Å². The van der Waals surface area contributed by atoms with Gasteiger partial charge >= 0.3 is 0 Å². The van der Waals surface area contributed by atoms with E-state index >= 15 is 0 Å². The summed E-state index contributed by atoms with van der Waals surface area (Å²) in [6.45, 7) is 3.87. The third kappa shape index (κ3) is 3.99. The number of amides is 1. The van der Waals surface area contributed by atoms with E-state index in [4.69, 9.17) is 5.26 Å². The van der Waals surface area contributed by atoms with Gasteiger partial charge in [0.25, 0.3) is 5.56 Å². The molecule has 1 aromatic heterocycles. The van der Waals surface area contributed by atoms with Gasteiger partial charge in [-0.3, -0.25) is 9.59 Å². The highest BCUT2D eigenvalue weighted by atomic mass is 16.3. The van der Waals surface area contributed by atoms with Crippen molar-refractivity contribution < 1.29 is 9.90 Å². The quantitative estimate of drug-likeness (QED) is 0.818. The predicted octanol–water partition coefficient (Wildman–Crippen LogP) is 1.03. The summed E-state index contributed by atoms with van der Waals surface area (Å²) in [5.74, 6) is 0.292. The lowest BCUT2D eigenvalue weighted by Gasteiger charge is -2.21. The number of nitriles is 1. The molecule has 6 heteroatoms. The number of nitrogens with one attached hydrogen (secondary N) is 1. The van der Waals surface area contributed by atoms with Gasteiger partial charge in [0.15, 0.2) is 0 Å². The monoisotopic (exact) mass is 317 g/mol. The highest BCUT2D eigenvalue weighted by Gasteiger charge is 2.31. The maximum absolute atomic E-state index is 12.2. The summed E-state index contributed by atoms with van der Waals surface area (Å²) >= 11 is 0. The Hall–Kier alpha value is -2.13. The molecule has 124 valence electrons. The summed E-state index contributed by atoms with van der Waals surface area (Å²) in [5, 5.41) is 19.0. The van der Waals surface area contributed by atoms with Crippen LogP contribution in [0.5, 0.6) is 0 Å². The summed E-state index contributed by atoms with van der Waals surface area (Å²) in [6, 6.07) is 1.91. The molecule has 1 unspecified atom stereocenters. The molecule has 1 saturated carbocycles. The number of hydrogen-bond acceptors (Lipinski definition) is 4. The van der Waals surface area contributed by atoms with E-state index in [1.807, 2.05) is 6.07 Å². The fraction of sp³-hybridized carbons (Fsp3) is 0.588. The Morgan fingerprint density at radius 1 is 1.48 bits per heavy atom. The van der Waals surface area contributed by atoms with E-state index in [1.54, 1.807) is 25.8 Å². The van der Waals surface area contributed by atoms with Gasteiger partial charge in [0, 0.05) is 25.7 Å². The van der Waals surface area contributed by atoms with Crippen LogP contribution in [0.2, 0.25) is 0 Å². The molecule has 0 bridgehead atoms. The van der Waals surface area contributed by atoms with Gasteiger partial charge in [0.2, 0.25) is 5.91 Å². The minimum Gasteiger partial charge on any atom is -0.391 e. The molecule has 1 aliphatic carbocycles. The van der Waals surface area contributed by atoms with Crippen LogP contribution in [0, 0.1) is 31.1 Å². The fourth-order valence-electron chi connectivity index (χ4n) is 2.86. The number of aliphatic hydroxyl groups excluding tert-OH is 1. The molecule has 2 rings (SSSR count). The maximum Gasteiger partial charge on any atom is 0.266 e. The van der Waals surface area contributed by atoms with Crippen LogP contribution < -0.4 is 5.56 Å². The summed E-state index contributed by atoms with van der Waals surface area (Å²) in [7, 11) is 1.70. The van der Waals surface area contributed by atoms with Crippen LogP contribution in [-0.4, -0.2) is 40.6 Å². The van der Waals surface area contributed by atoms with Gasteiger partial charge in [0.1, 0.15) is 11.6 Å². The normalized spacial score (nSPS) is 15.1. The second-order valence-electron chi connectivity index (χ2n) is 6.35. The van der Waals surface area contributed by atoms with Crippen LogP contribution in [-0.2, 0) is 11.2 Å². The molecule has 0 saturated heterocycles.